The highest BCUT2D eigenvalue weighted by atomic mass is 16.5. The Kier molecular flexibility index (Phi) is 5.18. The molecule has 1 amide bonds. The Morgan fingerprint density at radius 2 is 1.88 bits per heavy atom. The molecule has 8 heteroatoms. The van der Waals surface area contributed by atoms with Crippen molar-refractivity contribution in [3.63, 3.8) is 0 Å². The summed E-state index contributed by atoms with van der Waals surface area (Å²) in [5.41, 5.74) is 0.319. The maximum absolute atomic E-state index is 12.7. The summed E-state index contributed by atoms with van der Waals surface area (Å²) >= 11 is 0. The molecule has 1 aliphatic heterocycles. The average Bonchev–Trinajstić information content (AvgIpc) is 2.67. The molecule has 25 heavy (non-hydrogen) atoms. The minimum atomic E-state index is -0.208. The third-order valence-corrected chi connectivity index (χ3v) is 4.26. The third-order valence-electron chi connectivity index (χ3n) is 4.26. The van der Waals surface area contributed by atoms with Gasteiger partial charge in [-0.25, -0.2) is 4.98 Å². The molecule has 1 aromatic heterocycles. The highest BCUT2D eigenvalue weighted by Gasteiger charge is 2.17. The van der Waals surface area contributed by atoms with Crippen LogP contribution in [0.3, 0.4) is 0 Å². The summed E-state index contributed by atoms with van der Waals surface area (Å²) in [5.74, 6) is 1.00. The molecule has 0 radical (unpaired) electrons. The Bertz CT molecular complexity index is 827. The minimum absolute atomic E-state index is 0.0163. The SMILES string of the molecule is COc1cc2ncn(CCC(=O)N3CCOCC3)c(=O)c2cc1OC. The number of methoxy groups -OCH3 is 2. The Morgan fingerprint density at radius 1 is 1.20 bits per heavy atom. The maximum atomic E-state index is 12.7. The van der Waals surface area contributed by atoms with E-state index in [4.69, 9.17) is 14.2 Å². The Morgan fingerprint density at radius 3 is 2.56 bits per heavy atom. The molecular formula is C17H21N3O5. The second-order valence-corrected chi connectivity index (χ2v) is 5.71. The zero-order valence-electron chi connectivity index (χ0n) is 14.4. The molecule has 0 bridgehead atoms. The predicted octanol–water partition coefficient (Wildman–Crippen LogP) is 0.663. The Labute approximate surface area is 144 Å². The molecule has 0 unspecified atom stereocenters. The van der Waals surface area contributed by atoms with Crippen LogP contribution in [0.1, 0.15) is 6.42 Å². The normalized spacial score (nSPS) is 14.6. The summed E-state index contributed by atoms with van der Waals surface area (Å²) in [6, 6.07) is 3.28. The van der Waals surface area contributed by atoms with Crippen molar-refractivity contribution in [2.45, 2.75) is 13.0 Å². The fourth-order valence-corrected chi connectivity index (χ4v) is 2.83. The lowest BCUT2D eigenvalue weighted by molar-refractivity contribution is -0.135. The quantitative estimate of drug-likeness (QED) is 0.790. The van der Waals surface area contributed by atoms with Gasteiger partial charge in [-0.05, 0) is 6.07 Å². The first-order valence-electron chi connectivity index (χ1n) is 8.10. The first kappa shape index (κ1) is 17.2. The molecule has 1 saturated heterocycles. The van der Waals surface area contributed by atoms with Gasteiger partial charge in [-0.3, -0.25) is 14.2 Å². The van der Waals surface area contributed by atoms with E-state index in [2.05, 4.69) is 4.98 Å². The summed E-state index contributed by atoms with van der Waals surface area (Å²) in [7, 11) is 3.04. The van der Waals surface area contributed by atoms with E-state index < -0.39 is 0 Å². The fourth-order valence-electron chi connectivity index (χ4n) is 2.83. The number of morpholine rings is 1. The van der Waals surface area contributed by atoms with E-state index in [-0.39, 0.29) is 24.4 Å². The minimum Gasteiger partial charge on any atom is -0.493 e. The van der Waals surface area contributed by atoms with Crippen molar-refractivity contribution >= 4 is 16.8 Å². The molecule has 8 nitrogen and oxygen atoms in total. The van der Waals surface area contributed by atoms with Gasteiger partial charge in [0.05, 0.1) is 44.7 Å². The van der Waals surface area contributed by atoms with Crippen LogP contribution in [-0.4, -0.2) is 60.9 Å². The van der Waals surface area contributed by atoms with Crippen molar-refractivity contribution < 1.29 is 19.0 Å². The van der Waals surface area contributed by atoms with Crippen molar-refractivity contribution in [2.75, 3.05) is 40.5 Å². The van der Waals surface area contributed by atoms with E-state index in [9.17, 15) is 9.59 Å². The molecule has 0 N–H and O–H groups in total. The summed E-state index contributed by atoms with van der Waals surface area (Å²) in [4.78, 5) is 31.0. The molecule has 0 spiro atoms. The number of hydrogen-bond donors (Lipinski definition) is 0. The van der Waals surface area contributed by atoms with Crippen LogP contribution < -0.4 is 15.0 Å². The summed E-state index contributed by atoms with van der Waals surface area (Å²) < 4.78 is 17.2. The van der Waals surface area contributed by atoms with Crippen molar-refractivity contribution in [3.8, 4) is 11.5 Å². The van der Waals surface area contributed by atoms with E-state index in [1.165, 1.54) is 25.1 Å². The Balaban J connectivity index is 1.81. The van der Waals surface area contributed by atoms with Gasteiger partial charge in [0.1, 0.15) is 0 Å². The van der Waals surface area contributed by atoms with Gasteiger partial charge >= 0.3 is 0 Å². The van der Waals surface area contributed by atoms with Crippen molar-refractivity contribution in [3.05, 3.63) is 28.8 Å². The third kappa shape index (κ3) is 3.58. The number of ether oxygens (including phenoxy) is 3. The molecule has 1 aliphatic rings. The standard InChI is InChI=1S/C17H21N3O5/c1-23-14-9-12-13(10-15(14)24-2)18-11-20(17(12)22)4-3-16(21)19-5-7-25-8-6-19/h9-11H,3-8H2,1-2H3. The lowest BCUT2D eigenvalue weighted by Crippen LogP contribution is -2.41. The van der Waals surface area contributed by atoms with Gasteiger partial charge in [0.2, 0.25) is 5.91 Å². The highest BCUT2D eigenvalue weighted by molar-refractivity contribution is 5.81. The smallest absolute Gasteiger partial charge is 0.261 e. The molecule has 3 rings (SSSR count). The molecule has 0 saturated carbocycles. The van der Waals surface area contributed by atoms with Crippen LogP contribution >= 0.6 is 0 Å². The number of carbonyl (C=O) groups excluding carboxylic acids is 1. The highest BCUT2D eigenvalue weighted by Crippen LogP contribution is 2.29. The number of rotatable bonds is 5. The lowest BCUT2D eigenvalue weighted by Gasteiger charge is -2.26. The first-order chi connectivity index (χ1) is 12.1. The molecule has 2 heterocycles. The topological polar surface area (TPSA) is 82.9 Å². The van der Waals surface area contributed by atoms with E-state index >= 15 is 0 Å². The molecule has 1 aromatic carbocycles. The zero-order chi connectivity index (χ0) is 17.8. The van der Waals surface area contributed by atoms with Crippen LogP contribution in [-0.2, 0) is 16.1 Å². The molecule has 0 atom stereocenters. The number of aryl methyl sites for hydroxylation is 1. The average molecular weight is 347 g/mol. The van der Waals surface area contributed by atoms with Crippen LogP contribution in [0.15, 0.2) is 23.3 Å². The molecule has 134 valence electrons. The largest absolute Gasteiger partial charge is 0.493 e. The van der Waals surface area contributed by atoms with E-state index in [1.807, 2.05) is 0 Å². The maximum Gasteiger partial charge on any atom is 0.261 e. The van der Waals surface area contributed by atoms with Crippen molar-refractivity contribution in [2.24, 2.45) is 0 Å². The number of carbonyl (C=O) groups is 1. The van der Waals surface area contributed by atoms with Gasteiger partial charge in [0.15, 0.2) is 11.5 Å². The number of nitrogens with zero attached hydrogens (tertiary/aromatic N) is 3. The van der Waals surface area contributed by atoms with Gasteiger partial charge < -0.3 is 19.1 Å². The predicted molar refractivity (Wildman–Crippen MR) is 91.1 cm³/mol. The summed E-state index contributed by atoms with van der Waals surface area (Å²) in [6.45, 7) is 2.60. The number of hydrogen-bond acceptors (Lipinski definition) is 6. The zero-order valence-corrected chi connectivity index (χ0v) is 14.4. The summed E-state index contributed by atoms with van der Waals surface area (Å²) in [6.07, 6.45) is 1.71. The first-order valence-corrected chi connectivity index (χ1v) is 8.10. The van der Waals surface area contributed by atoms with E-state index in [1.54, 1.807) is 17.0 Å². The van der Waals surface area contributed by atoms with Gasteiger partial charge in [-0.1, -0.05) is 0 Å². The molecule has 0 aliphatic carbocycles. The second-order valence-electron chi connectivity index (χ2n) is 5.71. The Hall–Kier alpha value is -2.61. The second kappa shape index (κ2) is 7.52. The van der Waals surface area contributed by atoms with Gasteiger partial charge in [0.25, 0.3) is 5.56 Å². The number of fused-ring (bicyclic) bond motifs is 1. The van der Waals surface area contributed by atoms with Gasteiger partial charge in [0, 0.05) is 32.1 Å². The van der Waals surface area contributed by atoms with Crippen LogP contribution in [0, 0.1) is 0 Å². The van der Waals surface area contributed by atoms with Crippen molar-refractivity contribution in [1.29, 1.82) is 0 Å². The monoisotopic (exact) mass is 347 g/mol. The van der Waals surface area contributed by atoms with Crippen LogP contribution in [0.2, 0.25) is 0 Å². The van der Waals surface area contributed by atoms with Crippen LogP contribution in [0.5, 0.6) is 11.5 Å². The van der Waals surface area contributed by atoms with E-state index in [0.29, 0.717) is 48.7 Å². The van der Waals surface area contributed by atoms with Crippen LogP contribution in [0.4, 0.5) is 0 Å². The number of aromatic nitrogens is 2. The fraction of sp³-hybridized carbons (Fsp3) is 0.471. The lowest BCUT2D eigenvalue weighted by atomic mass is 10.2. The van der Waals surface area contributed by atoms with E-state index in [0.717, 1.165) is 0 Å². The van der Waals surface area contributed by atoms with Crippen LogP contribution in [0.25, 0.3) is 10.9 Å². The number of benzene rings is 1. The summed E-state index contributed by atoms with van der Waals surface area (Å²) in [5, 5.41) is 0.430. The van der Waals surface area contributed by atoms with Crippen molar-refractivity contribution in [1.82, 2.24) is 14.5 Å². The van der Waals surface area contributed by atoms with Gasteiger partial charge in [-0.15, -0.1) is 0 Å². The molecular weight excluding hydrogens is 326 g/mol. The molecule has 1 fully saturated rings. The van der Waals surface area contributed by atoms with Gasteiger partial charge in [-0.2, -0.15) is 0 Å². The number of amides is 1. The molecule has 2 aromatic rings.